The average Bonchev–Trinajstić information content (AvgIpc) is 3.35. The van der Waals surface area contributed by atoms with Crippen molar-refractivity contribution in [2.24, 2.45) is 5.92 Å². The first-order valence-electron chi connectivity index (χ1n) is 11.0. The van der Waals surface area contributed by atoms with Gasteiger partial charge in [0.15, 0.2) is 11.6 Å². The Morgan fingerprint density at radius 2 is 2.19 bits per heavy atom. The summed E-state index contributed by atoms with van der Waals surface area (Å²) < 4.78 is 25.4. The lowest BCUT2D eigenvalue weighted by Crippen LogP contribution is -2.45. The first kappa shape index (κ1) is 21.7. The molecular formula is C24H30FN3O3. The first-order chi connectivity index (χ1) is 15.2. The molecule has 31 heavy (non-hydrogen) atoms. The summed E-state index contributed by atoms with van der Waals surface area (Å²) in [7, 11) is 1.48. The molecule has 0 bridgehead atoms. The van der Waals surface area contributed by atoms with E-state index in [9.17, 15) is 9.18 Å². The molecule has 3 atom stereocenters. The van der Waals surface area contributed by atoms with Crippen LogP contribution in [-0.2, 0) is 16.1 Å². The lowest BCUT2D eigenvalue weighted by molar-refractivity contribution is -0.131. The molecule has 0 aliphatic carbocycles. The van der Waals surface area contributed by atoms with Crippen LogP contribution < -0.4 is 10.1 Å². The van der Waals surface area contributed by atoms with Crippen molar-refractivity contribution >= 4 is 5.91 Å². The lowest BCUT2D eigenvalue weighted by atomic mass is 9.88. The predicted molar refractivity (Wildman–Crippen MR) is 115 cm³/mol. The van der Waals surface area contributed by atoms with Crippen molar-refractivity contribution in [3.8, 4) is 5.75 Å². The van der Waals surface area contributed by atoms with Crippen molar-refractivity contribution in [1.29, 1.82) is 0 Å². The zero-order valence-electron chi connectivity index (χ0n) is 17.9. The Labute approximate surface area is 182 Å². The van der Waals surface area contributed by atoms with Gasteiger partial charge in [0, 0.05) is 31.5 Å². The third kappa shape index (κ3) is 5.22. The van der Waals surface area contributed by atoms with Crippen LogP contribution in [-0.4, -0.2) is 48.7 Å². The predicted octanol–water partition coefficient (Wildman–Crippen LogP) is 3.48. The van der Waals surface area contributed by atoms with E-state index in [0.29, 0.717) is 18.7 Å². The highest BCUT2D eigenvalue weighted by Crippen LogP contribution is 2.31. The van der Waals surface area contributed by atoms with Gasteiger partial charge in [-0.15, -0.1) is 0 Å². The van der Waals surface area contributed by atoms with Crippen molar-refractivity contribution in [3.05, 3.63) is 59.7 Å². The summed E-state index contributed by atoms with van der Waals surface area (Å²) in [6, 6.07) is 10.8. The van der Waals surface area contributed by atoms with E-state index in [1.165, 1.54) is 7.11 Å². The number of carbonyl (C=O) groups excluding carboxylic acids is 1. The number of hydrogen-bond acceptors (Lipinski definition) is 5. The maximum absolute atomic E-state index is 14.7. The van der Waals surface area contributed by atoms with Gasteiger partial charge in [0.05, 0.1) is 18.8 Å². The third-order valence-corrected chi connectivity index (χ3v) is 6.20. The number of carbonyl (C=O) groups is 1. The number of rotatable bonds is 7. The normalized spacial score (nSPS) is 22.8. The Bertz CT molecular complexity index is 874. The molecule has 0 spiro atoms. The number of aromatic nitrogens is 1. The molecule has 2 fully saturated rings. The van der Waals surface area contributed by atoms with E-state index in [0.717, 1.165) is 44.5 Å². The van der Waals surface area contributed by atoms with Crippen LogP contribution in [0, 0.1) is 11.7 Å². The van der Waals surface area contributed by atoms with E-state index in [1.807, 2.05) is 24.3 Å². The Morgan fingerprint density at radius 1 is 1.29 bits per heavy atom. The largest absolute Gasteiger partial charge is 0.494 e. The Morgan fingerprint density at radius 3 is 2.94 bits per heavy atom. The van der Waals surface area contributed by atoms with E-state index in [2.05, 4.69) is 15.2 Å². The highest BCUT2D eigenvalue weighted by Gasteiger charge is 2.33. The van der Waals surface area contributed by atoms with Gasteiger partial charge < -0.3 is 14.8 Å². The number of nitrogens with zero attached hydrogens (tertiary/aromatic N) is 2. The number of hydrogen-bond donors (Lipinski definition) is 1. The topological polar surface area (TPSA) is 63.7 Å². The van der Waals surface area contributed by atoms with Crippen LogP contribution in [0.4, 0.5) is 4.39 Å². The van der Waals surface area contributed by atoms with Gasteiger partial charge in [-0.25, -0.2) is 4.39 Å². The number of piperidine rings is 1. The van der Waals surface area contributed by atoms with Gasteiger partial charge >= 0.3 is 0 Å². The van der Waals surface area contributed by atoms with Gasteiger partial charge in [-0.3, -0.25) is 14.7 Å². The Kier molecular flexibility index (Phi) is 7.14. The molecule has 166 valence electrons. The molecule has 2 aromatic rings. The maximum Gasteiger partial charge on any atom is 0.249 e. The molecule has 1 N–H and O–H groups in total. The summed E-state index contributed by atoms with van der Waals surface area (Å²) in [5.74, 6) is 0.0770. The van der Waals surface area contributed by atoms with E-state index >= 15 is 0 Å². The third-order valence-electron chi connectivity index (χ3n) is 6.20. The van der Waals surface area contributed by atoms with Gasteiger partial charge in [0.2, 0.25) is 5.91 Å². The molecule has 0 saturated carbocycles. The van der Waals surface area contributed by atoms with E-state index in [-0.39, 0.29) is 35.5 Å². The quantitative estimate of drug-likeness (QED) is 0.733. The number of pyridine rings is 1. The minimum Gasteiger partial charge on any atom is -0.494 e. The first-order valence-corrected chi connectivity index (χ1v) is 11.0. The number of methoxy groups -OCH3 is 1. The molecule has 6 nitrogen and oxygen atoms in total. The van der Waals surface area contributed by atoms with E-state index < -0.39 is 0 Å². The van der Waals surface area contributed by atoms with Crippen molar-refractivity contribution in [2.45, 2.75) is 44.4 Å². The monoisotopic (exact) mass is 427 g/mol. The molecule has 2 aliphatic rings. The van der Waals surface area contributed by atoms with Crippen LogP contribution in [0.3, 0.4) is 0 Å². The molecule has 2 aliphatic heterocycles. The van der Waals surface area contributed by atoms with E-state index in [1.54, 1.807) is 18.3 Å². The van der Waals surface area contributed by atoms with Crippen LogP contribution >= 0.6 is 0 Å². The number of ether oxygens (including phenoxy) is 2. The molecule has 0 radical (unpaired) electrons. The van der Waals surface area contributed by atoms with Crippen molar-refractivity contribution in [2.75, 3.05) is 26.8 Å². The van der Waals surface area contributed by atoms with E-state index in [4.69, 9.17) is 9.47 Å². The summed E-state index contributed by atoms with van der Waals surface area (Å²) in [6.07, 6.45) is 5.01. The fourth-order valence-electron chi connectivity index (χ4n) is 4.61. The molecule has 1 aromatic heterocycles. The van der Waals surface area contributed by atoms with Gasteiger partial charge in [0.1, 0.15) is 6.10 Å². The summed E-state index contributed by atoms with van der Waals surface area (Å²) in [5, 5.41) is 3.21. The average molecular weight is 428 g/mol. The molecule has 1 amide bonds. The number of likely N-dealkylation sites (tertiary alicyclic amines) is 1. The molecule has 7 heteroatoms. The van der Waals surface area contributed by atoms with Gasteiger partial charge in [-0.2, -0.15) is 0 Å². The lowest BCUT2D eigenvalue weighted by Gasteiger charge is -2.37. The fraction of sp³-hybridized carbons (Fsp3) is 0.500. The molecular weight excluding hydrogens is 397 g/mol. The molecule has 1 aromatic carbocycles. The summed E-state index contributed by atoms with van der Waals surface area (Å²) in [6.45, 7) is 2.79. The molecule has 0 unspecified atom stereocenters. The number of nitrogens with one attached hydrogen (secondary N) is 1. The highest BCUT2D eigenvalue weighted by atomic mass is 19.1. The highest BCUT2D eigenvalue weighted by molar-refractivity contribution is 5.81. The second kappa shape index (κ2) is 10.2. The minimum atomic E-state index is -0.378. The number of amides is 1. The molecule has 3 heterocycles. The van der Waals surface area contributed by atoms with Gasteiger partial charge in [-0.05, 0) is 56.3 Å². The number of benzene rings is 1. The Hall–Kier alpha value is -2.51. The summed E-state index contributed by atoms with van der Waals surface area (Å²) in [4.78, 5) is 19.6. The van der Waals surface area contributed by atoms with Gasteiger partial charge in [0.25, 0.3) is 0 Å². The fourth-order valence-corrected chi connectivity index (χ4v) is 4.61. The standard InChI is InChI=1S/C24H30FN3O3/c1-30-20-10-4-7-17(22(20)25)15-28-13-5-8-18(16-28)23(19-9-2-3-12-26-19)27-24(29)21-11-6-14-31-21/h2-4,7,9-10,12,18,21,23H,5-6,8,11,13-16H2,1H3,(H,27,29)/t18-,21+,23+/m0/s1. The zero-order valence-corrected chi connectivity index (χ0v) is 17.9. The molecule has 2 saturated heterocycles. The Balaban J connectivity index is 1.49. The second-order valence-corrected chi connectivity index (χ2v) is 8.31. The SMILES string of the molecule is COc1cccc(CN2CCC[C@H]([C@@H](NC(=O)[C@H]3CCCO3)c3ccccn3)C2)c1F. The van der Waals surface area contributed by atoms with Crippen LogP contribution in [0.25, 0.3) is 0 Å². The van der Waals surface area contributed by atoms with Gasteiger partial charge in [-0.1, -0.05) is 18.2 Å². The second-order valence-electron chi connectivity index (χ2n) is 8.31. The molecule has 4 rings (SSSR count). The van der Waals surface area contributed by atoms with Crippen molar-refractivity contribution < 1.29 is 18.7 Å². The summed E-state index contributed by atoms with van der Waals surface area (Å²) in [5.41, 5.74) is 1.48. The van der Waals surface area contributed by atoms with Crippen LogP contribution in [0.1, 0.15) is 43.0 Å². The van der Waals surface area contributed by atoms with Crippen LogP contribution in [0.15, 0.2) is 42.6 Å². The zero-order chi connectivity index (χ0) is 21.6. The van der Waals surface area contributed by atoms with Crippen molar-refractivity contribution in [3.63, 3.8) is 0 Å². The van der Waals surface area contributed by atoms with Crippen molar-refractivity contribution in [1.82, 2.24) is 15.2 Å². The van der Waals surface area contributed by atoms with Crippen LogP contribution in [0.2, 0.25) is 0 Å². The van der Waals surface area contributed by atoms with Crippen LogP contribution in [0.5, 0.6) is 5.75 Å². The smallest absolute Gasteiger partial charge is 0.249 e. The minimum absolute atomic E-state index is 0.0656. The maximum atomic E-state index is 14.7. The summed E-state index contributed by atoms with van der Waals surface area (Å²) >= 11 is 0. The number of halogens is 1.